The fraction of sp³-hybridized carbons (Fsp3) is 0.500. The molecule has 1 aliphatic carbocycles. The number of nitrogens with zero attached hydrogens (tertiary/aromatic N) is 1. The van der Waals surface area contributed by atoms with Gasteiger partial charge in [0.05, 0.1) is 17.8 Å². The van der Waals surface area contributed by atoms with Gasteiger partial charge in [0.1, 0.15) is 5.82 Å². The number of likely N-dealkylation sites (tertiary alicyclic amines) is 1. The van der Waals surface area contributed by atoms with E-state index in [1.807, 2.05) is 6.92 Å². The fourth-order valence-corrected chi connectivity index (χ4v) is 3.06. The fourth-order valence-electron chi connectivity index (χ4n) is 3.06. The zero-order chi connectivity index (χ0) is 18.0. The third-order valence-electron chi connectivity index (χ3n) is 4.79. The number of benzene rings is 1. The van der Waals surface area contributed by atoms with E-state index in [1.54, 1.807) is 4.90 Å². The quantitative estimate of drug-likeness (QED) is 0.852. The van der Waals surface area contributed by atoms with Crippen LogP contribution in [-0.2, 0) is 9.59 Å². The van der Waals surface area contributed by atoms with E-state index in [0.717, 1.165) is 25.3 Å². The van der Waals surface area contributed by atoms with Crippen molar-refractivity contribution in [2.75, 3.05) is 25.0 Å². The van der Waals surface area contributed by atoms with Crippen molar-refractivity contribution >= 4 is 23.4 Å². The van der Waals surface area contributed by atoms with Crippen LogP contribution in [0, 0.1) is 17.7 Å². The van der Waals surface area contributed by atoms with Gasteiger partial charge in [-0.1, -0.05) is 6.92 Å². The maximum atomic E-state index is 13.6. The Morgan fingerprint density at radius 3 is 2.56 bits per heavy atom. The molecule has 1 aromatic carbocycles. The number of halogens is 1. The van der Waals surface area contributed by atoms with E-state index in [9.17, 15) is 18.8 Å². The van der Waals surface area contributed by atoms with Crippen molar-refractivity contribution in [3.63, 3.8) is 0 Å². The Labute approximate surface area is 145 Å². The van der Waals surface area contributed by atoms with Crippen molar-refractivity contribution in [3.8, 4) is 0 Å². The molecule has 1 saturated carbocycles. The summed E-state index contributed by atoms with van der Waals surface area (Å²) in [4.78, 5) is 38.2. The van der Waals surface area contributed by atoms with E-state index in [1.165, 1.54) is 12.1 Å². The topological polar surface area (TPSA) is 78.5 Å². The molecular weight excluding hydrogens is 325 g/mol. The van der Waals surface area contributed by atoms with Crippen LogP contribution >= 0.6 is 0 Å². The third-order valence-corrected chi connectivity index (χ3v) is 4.79. The first kappa shape index (κ1) is 17.4. The molecule has 0 aromatic heterocycles. The van der Waals surface area contributed by atoms with E-state index in [2.05, 4.69) is 10.6 Å². The zero-order valence-electron chi connectivity index (χ0n) is 14.2. The average Bonchev–Trinajstić information content (AvgIpc) is 3.09. The van der Waals surface area contributed by atoms with Crippen molar-refractivity contribution in [2.24, 2.45) is 11.8 Å². The largest absolute Gasteiger partial charge is 0.343 e. The molecule has 1 aliphatic heterocycles. The second-order valence-electron chi connectivity index (χ2n) is 6.77. The summed E-state index contributed by atoms with van der Waals surface area (Å²) < 4.78 is 13.6. The highest BCUT2D eigenvalue weighted by molar-refractivity contribution is 6.05. The predicted molar refractivity (Wildman–Crippen MR) is 90.4 cm³/mol. The maximum Gasteiger partial charge on any atom is 0.253 e. The molecular formula is C18H22FN3O3. The van der Waals surface area contributed by atoms with Gasteiger partial charge in [-0.05, 0) is 43.4 Å². The first-order chi connectivity index (χ1) is 12.0. The van der Waals surface area contributed by atoms with Crippen LogP contribution in [0.5, 0.6) is 0 Å². The summed E-state index contributed by atoms with van der Waals surface area (Å²) in [6.07, 6.45) is 2.76. The Hall–Kier alpha value is -2.44. The normalized spacial score (nSPS) is 21.8. The highest BCUT2D eigenvalue weighted by Crippen LogP contribution is 2.38. The summed E-state index contributed by atoms with van der Waals surface area (Å²) in [5.74, 6) is -1.20. The molecule has 0 bridgehead atoms. The van der Waals surface area contributed by atoms with E-state index in [4.69, 9.17) is 0 Å². The SMILES string of the molecule is C[C@H]1C[C@@H]1C(=O)Nc1ccc(F)cc1C(=O)NCC(=O)N1CCCC1. The van der Waals surface area contributed by atoms with E-state index in [-0.39, 0.29) is 35.5 Å². The van der Waals surface area contributed by atoms with Crippen LogP contribution in [-0.4, -0.2) is 42.3 Å². The Kier molecular flexibility index (Phi) is 5.01. The predicted octanol–water partition coefficient (Wildman–Crippen LogP) is 1.77. The summed E-state index contributed by atoms with van der Waals surface area (Å²) >= 11 is 0. The molecule has 0 spiro atoms. The van der Waals surface area contributed by atoms with Crippen LogP contribution in [0.15, 0.2) is 18.2 Å². The first-order valence-corrected chi connectivity index (χ1v) is 8.62. The lowest BCUT2D eigenvalue weighted by Crippen LogP contribution is -2.38. The average molecular weight is 347 g/mol. The zero-order valence-corrected chi connectivity index (χ0v) is 14.2. The maximum absolute atomic E-state index is 13.6. The molecule has 2 N–H and O–H groups in total. The summed E-state index contributed by atoms with van der Waals surface area (Å²) in [5.41, 5.74) is 0.285. The van der Waals surface area contributed by atoms with Crippen molar-refractivity contribution < 1.29 is 18.8 Å². The number of anilines is 1. The molecule has 2 aliphatic rings. The number of hydrogen-bond donors (Lipinski definition) is 2. The summed E-state index contributed by atoms with van der Waals surface area (Å²) in [6.45, 7) is 3.25. The Morgan fingerprint density at radius 2 is 1.92 bits per heavy atom. The van der Waals surface area contributed by atoms with Crippen molar-refractivity contribution in [2.45, 2.75) is 26.2 Å². The third kappa shape index (κ3) is 4.15. The molecule has 1 aromatic rings. The second-order valence-corrected chi connectivity index (χ2v) is 6.77. The molecule has 2 fully saturated rings. The molecule has 0 radical (unpaired) electrons. The summed E-state index contributed by atoms with van der Waals surface area (Å²) in [6, 6.07) is 3.64. The van der Waals surface area contributed by atoms with Gasteiger partial charge in [-0.3, -0.25) is 14.4 Å². The van der Waals surface area contributed by atoms with Gasteiger partial charge in [0.25, 0.3) is 5.91 Å². The number of carbonyl (C=O) groups excluding carboxylic acids is 3. The van der Waals surface area contributed by atoms with Crippen LogP contribution in [0.4, 0.5) is 10.1 Å². The van der Waals surface area contributed by atoms with Crippen molar-refractivity contribution in [1.82, 2.24) is 10.2 Å². The molecule has 134 valence electrons. The molecule has 3 rings (SSSR count). The van der Waals surface area contributed by atoms with Gasteiger partial charge in [0.15, 0.2) is 0 Å². The molecule has 3 amide bonds. The number of hydrogen-bond acceptors (Lipinski definition) is 3. The lowest BCUT2D eigenvalue weighted by atomic mass is 10.1. The highest BCUT2D eigenvalue weighted by atomic mass is 19.1. The Balaban J connectivity index is 1.65. The monoisotopic (exact) mass is 347 g/mol. The molecule has 1 heterocycles. The molecule has 2 atom stereocenters. The minimum atomic E-state index is -0.578. The Morgan fingerprint density at radius 1 is 1.24 bits per heavy atom. The van der Waals surface area contributed by atoms with E-state index < -0.39 is 11.7 Å². The van der Waals surface area contributed by atoms with E-state index in [0.29, 0.717) is 19.0 Å². The van der Waals surface area contributed by atoms with Gasteiger partial charge in [-0.2, -0.15) is 0 Å². The van der Waals surface area contributed by atoms with E-state index >= 15 is 0 Å². The number of carbonyl (C=O) groups is 3. The Bertz CT molecular complexity index is 701. The van der Waals surface area contributed by atoms with Gasteiger partial charge < -0.3 is 15.5 Å². The number of nitrogens with one attached hydrogen (secondary N) is 2. The van der Waals surface area contributed by atoms with Crippen LogP contribution in [0.3, 0.4) is 0 Å². The molecule has 6 nitrogen and oxygen atoms in total. The minimum absolute atomic E-state index is 0.0240. The first-order valence-electron chi connectivity index (χ1n) is 8.62. The minimum Gasteiger partial charge on any atom is -0.343 e. The van der Waals surface area contributed by atoms with Gasteiger partial charge in [-0.15, -0.1) is 0 Å². The number of rotatable bonds is 5. The lowest BCUT2D eigenvalue weighted by Gasteiger charge is -2.16. The summed E-state index contributed by atoms with van der Waals surface area (Å²) in [7, 11) is 0. The van der Waals surface area contributed by atoms with Crippen molar-refractivity contribution in [1.29, 1.82) is 0 Å². The van der Waals surface area contributed by atoms with Gasteiger partial charge in [0, 0.05) is 19.0 Å². The molecule has 25 heavy (non-hydrogen) atoms. The number of amides is 3. The molecule has 0 unspecified atom stereocenters. The second kappa shape index (κ2) is 7.21. The molecule has 7 heteroatoms. The van der Waals surface area contributed by atoms with Crippen LogP contribution in [0.25, 0.3) is 0 Å². The van der Waals surface area contributed by atoms with Crippen LogP contribution in [0.1, 0.15) is 36.5 Å². The van der Waals surface area contributed by atoms with Gasteiger partial charge in [-0.25, -0.2) is 4.39 Å². The smallest absolute Gasteiger partial charge is 0.253 e. The van der Waals surface area contributed by atoms with Gasteiger partial charge in [0.2, 0.25) is 11.8 Å². The molecule has 1 saturated heterocycles. The highest BCUT2D eigenvalue weighted by Gasteiger charge is 2.39. The summed E-state index contributed by atoms with van der Waals surface area (Å²) in [5, 5.41) is 5.21. The van der Waals surface area contributed by atoms with Gasteiger partial charge >= 0.3 is 0 Å². The lowest BCUT2D eigenvalue weighted by molar-refractivity contribution is -0.129. The van der Waals surface area contributed by atoms with Crippen LogP contribution in [0.2, 0.25) is 0 Å². The standard InChI is InChI=1S/C18H22FN3O3/c1-11-8-13(11)18(25)21-15-5-4-12(19)9-14(15)17(24)20-10-16(23)22-6-2-3-7-22/h4-5,9,11,13H,2-3,6-8,10H2,1H3,(H,20,24)(H,21,25)/t11-,13-/m0/s1. The van der Waals surface area contributed by atoms with Crippen LogP contribution < -0.4 is 10.6 Å². The van der Waals surface area contributed by atoms with Crippen molar-refractivity contribution in [3.05, 3.63) is 29.6 Å².